The van der Waals surface area contributed by atoms with Gasteiger partial charge in [-0.25, -0.2) is 4.79 Å². The molecule has 0 bridgehead atoms. The lowest BCUT2D eigenvalue weighted by molar-refractivity contribution is 0.176. The van der Waals surface area contributed by atoms with Gasteiger partial charge in [-0.3, -0.25) is 0 Å². The van der Waals surface area contributed by atoms with Gasteiger partial charge in [0.1, 0.15) is 6.61 Å². The standard InChI is InChI=1S/C6H11NO2S/c1-6(2,10)4-3-9-5(8)7-4/h4,10H,3H2,1-2H3,(H,7,8). The summed E-state index contributed by atoms with van der Waals surface area (Å²) in [5.41, 5.74) is 0. The molecule has 0 aliphatic carbocycles. The van der Waals surface area contributed by atoms with Crippen LogP contribution in [0.2, 0.25) is 0 Å². The molecule has 0 aromatic carbocycles. The Morgan fingerprint density at radius 3 is 2.60 bits per heavy atom. The molecule has 1 aliphatic heterocycles. The number of amides is 1. The maximum Gasteiger partial charge on any atom is 0.407 e. The van der Waals surface area contributed by atoms with Crippen molar-refractivity contribution >= 4 is 18.7 Å². The zero-order valence-corrected chi connectivity index (χ0v) is 6.94. The molecular weight excluding hydrogens is 150 g/mol. The maximum absolute atomic E-state index is 10.5. The van der Waals surface area contributed by atoms with Gasteiger partial charge in [-0.05, 0) is 13.8 Å². The molecule has 3 nitrogen and oxygen atoms in total. The molecule has 0 aromatic rings. The van der Waals surface area contributed by atoms with Gasteiger partial charge in [0.15, 0.2) is 0 Å². The minimum Gasteiger partial charge on any atom is -0.447 e. The summed E-state index contributed by atoms with van der Waals surface area (Å²) >= 11 is 4.30. The van der Waals surface area contributed by atoms with Crippen molar-refractivity contribution in [3.05, 3.63) is 0 Å². The van der Waals surface area contributed by atoms with Crippen LogP contribution in [-0.2, 0) is 4.74 Å². The lowest BCUT2D eigenvalue weighted by Crippen LogP contribution is -2.41. The predicted molar refractivity (Wildman–Crippen MR) is 41.3 cm³/mol. The molecule has 0 radical (unpaired) electrons. The van der Waals surface area contributed by atoms with E-state index in [4.69, 9.17) is 4.74 Å². The number of ether oxygens (including phenoxy) is 1. The number of thiol groups is 1. The quantitative estimate of drug-likeness (QED) is 0.558. The van der Waals surface area contributed by atoms with Crippen LogP contribution < -0.4 is 5.32 Å². The number of hydrogen-bond acceptors (Lipinski definition) is 3. The molecule has 10 heavy (non-hydrogen) atoms. The van der Waals surface area contributed by atoms with Crippen LogP contribution in [0, 0.1) is 0 Å². The second-order valence-corrected chi connectivity index (χ2v) is 4.10. The number of rotatable bonds is 1. The van der Waals surface area contributed by atoms with E-state index in [1.165, 1.54) is 0 Å². The summed E-state index contributed by atoms with van der Waals surface area (Å²) in [7, 11) is 0. The van der Waals surface area contributed by atoms with Crippen LogP contribution in [0.4, 0.5) is 4.79 Å². The molecule has 4 heteroatoms. The van der Waals surface area contributed by atoms with Crippen LogP contribution in [0.5, 0.6) is 0 Å². The van der Waals surface area contributed by atoms with Crippen molar-refractivity contribution in [3.63, 3.8) is 0 Å². The van der Waals surface area contributed by atoms with Crippen LogP contribution in [0.25, 0.3) is 0 Å². The fraction of sp³-hybridized carbons (Fsp3) is 0.833. The third-order valence-corrected chi connectivity index (χ3v) is 1.84. The summed E-state index contributed by atoms with van der Waals surface area (Å²) < 4.78 is 4.49. The van der Waals surface area contributed by atoms with E-state index >= 15 is 0 Å². The van der Waals surface area contributed by atoms with Gasteiger partial charge in [-0.1, -0.05) is 0 Å². The second-order valence-electron chi connectivity index (χ2n) is 2.95. The highest BCUT2D eigenvalue weighted by atomic mass is 32.1. The lowest BCUT2D eigenvalue weighted by atomic mass is 10.1. The van der Waals surface area contributed by atoms with E-state index in [0.717, 1.165) is 0 Å². The number of alkyl carbamates (subject to hydrolysis) is 1. The number of carbonyl (C=O) groups is 1. The fourth-order valence-corrected chi connectivity index (χ4v) is 0.904. The Morgan fingerprint density at radius 1 is 1.80 bits per heavy atom. The normalized spacial score (nSPS) is 25.9. The maximum atomic E-state index is 10.5. The SMILES string of the molecule is CC(C)(S)C1COC(=O)N1. The van der Waals surface area contributed by atoms with Crippen LogP contribution in [0.3, 0.4) is 0 Å². The summed E-state index contributed by atoms with van der Waals surface area (Å²) in [5.74, 6) is 0. The Bertz CT molecular complexity index is 152. The minimum absolute atomic E-state index is 0.0309. The molecule has 1 saturated heterocycles. The highest BCUT2D eigenvalue weighted by Gasteiger charge is 2.33. The van der Waals surface area contributed by atoms with Crippen molar-refractivity contribution in [1.29, 1.82) is 0 Å². The highest BCUT2D eigenvalue weighted by molar-refractivity contribution is 7.81. The Labute approximate surface area is 65.5 Å². The van der Waals surface area contributed by atoms with Gasteiger partial charge >= 0.3 is 6.09 Å². The molecule has 0 aromatic heterocycles. The van der Waals surface area contributed by atoms with Gasteiger partial charge in [0, 0.05) is 4.75 Å². The number of hydrogen-bond donors (Lipinski definition) is 2. The van der Waals surface area contributed by atoms with E-state index in [1.54, 1.807) is 0 Å². The van der Waals surface area contributed by atoms with E-state index in [0.29, 0.717) is 6.61 Å². The molecule has 0 saturated carbocycles. The summed E-state index contributed by atoms with van der Waals surface area (Å²) in [6.45, 7) is 4.31. The zero-order valence-electron chi connectivity index (χ0n) is 6.05. The van der Waals surface area contributed by atoms with Crippen LogP contribution >= 0.6 is 12.6 Å². The monoisotopic (exact) mass is 161 g/mol. The Balaban J connectivity index is 2.53. The zero-order chi connectivity index (χ0) is 7.78. The van der Waals surface area contributed by atoms with E-state index in [2.05, 4.69) is 17.9 Å². The molecule has 1 N–H and O–H groups in total. The topological polar surface area (TPSA) is 38.3 Å². The molecule has 1 amide bonds. The van der Waals surface area contributed by atoms with Gasteiger partial charge in [0.05, 0.1) is 6.04 Å². The summed E-state index contributed by atoms with van der Waals surface area (Å²) in [4.78, 5) is 10.5. The van der Waals surface area contributed by atoms with Crippen molar-refractivity contribution < 1.29 is 9.53 Å². The molecule has 1 rings (SSSR count). The van der Waals surface area contributed by atoms with Crippen LogP contribution in [0.15, 0.2) is 0 Å². The largest absolute Gasteiger partial charge is 0.447 e. The molecule has 1 unspecified atom stereocenters. The molecule has 1 heterocycles. The van der Waals surface area contributed by atoms with Gasteiger partial charge in [-0.2, -0.15) is 12.6 Å². The summed E-state index contributed by atoms with van der Waals surface area (Å²) in [5, 5.41) is 2.66. The van der Waals surface area contributed by atoms with E-state index in [9.17, 15) is 4.79 Å². The third kappa shape index (κ3) is 1.56. The van der Waals surface area contributed by atoms with Crippen molar-refractivity contribution in [3.8, 4) is 0 Å². The number of carbonyl (C=O) groups excluding carboxylic acids is 1. The van der Waals surface area contributed by atoms with Crippen molar-refractivity contribution in [2.75, 3.05) is 6.61 Å². The first-order valence-corrected chi connectivity index (χ1v) is 3.60. The average Bonchev–Trinajstić information content (AvgIpc) is 2.11. The second kappa shape index (κ2) is 2.34. The van der Waals surface area contributed by atoms with Gasteiger partial charge < -0.3 is 10.1 Å². The first kappa shape index (κ1) is 7.72. The van der Waals surface area contributed by atoms with Crippen LogP contribution in [0.1, 0.15) is 13.8 Å². The summed E-state index contributed by atoms with van der Waals surface area (Å²) in [6.07, 6.45) is -0.341. The number of nitrogens with one attached hydrogen (secondary N) is 1. The van der Waals surface area contributed by atoms with Crippen molar-refractivity contribution in [2.45, 2.75) is 24.6 Å². The fourth-order valence-electron chi connectivity index (χ4n) is 0.765. The molecule has 58 valence electrons. The minimum atomic E-state index is -0.341. The van der Waals surface area contributed by atoms with Gasteiger partial charge in [-0.15, -0.1) is 0 Å². The molecule has 1 atom stereocenters. The van der Waals surface area contributed by atoms with Crippen LogP contribution in [-0.4, -0.2) is 23.5 Å². The van der Waals surface area contributed by atoms with Gasteiger partial charge in [0.25, 0.3) is 0 Å². The lowest BCUT2D eigenvalue weighted by Gasteiger charge is -2.22. The highest BCUT2D eigenvalue weighted by Crippen LogP contribution is 2.20. The van der Waals surface area contributed by atoms with Crippen molar-refractivity contribution in [1.82, 2.24) is 5.32 Å². The first-order valence-electron chi connectivity index (χ1n) is 3.16. The Kier molecular flexibility index (Phi) is 1.81. The predicted octanol–water partition coefficient (Wildman–Crippen LogP) is 0.803. The van der Waals surface area contributed by atoms with Gasteiger partial charge in [0.2, 0.25) is 0 Å². The smallest absolute Gasteiger partial charge is 0.407 e. The Hall–Kier alpha value is -0.380. The molecule has 1 aliphatic rings. The van der Waals surface area contributed by atoms with Crippen molar-refractivity contribution in [2.24, 2.45) is 0 Å². The summed E-state index contributed by atoms with van der Waals surface area (Å²) in [6, 6.07) is 0.0309. The average molecular weight is 161 g/mol. The first-order chi connectivity index (χ1) is 4.50. The molecular formula is C6H11NO2S. The van der Waals surface area contributed by atoms with E-state index in [-0.39, 0.29) is 16.9 Å². The number of cyclic esters (lactones) is 1. The van der Waals surface area contributed by atoms with E-state index < -0.39 is 0 Å². The molecule has 1 fully saturated rings. The molecule has 0 spiro atoms. The van der Waals surface area contributed by atoms with E-state index in [1.807, 2.05) is 13.8 Å². The third-order valence-electron chi connectivity index (χ3n) is 1.53. The Morgan fingerprint density at radius 2 is 2.40 bits per heavy atom.